The Morgan fingerprint density at radius 2 is 2.22 bits per heavy atom. The Morgan fingerprint density at radius 1 is 1.67 bits per heavy atom. The van der Waals surface area contributed by atoms with E-state index in [0.29, 0.717) is 13.0 Å². The highest BCUT2D eigenvalue weighted by atomic mass is 19.1. The Bertz CT molecular complexity index is 93.1. The minimum absolute atomic E-state index is 0.397. The summed E-state index contributed by atoms with van der Waals surface area (Å²) in [5, 5.41) is 0. The van der Waals surface area contributed by atoms with Crippen LogP contribution in [0.25, 0.3) is 0 Å². The highest BCUT2D eigenvalue weighted by molar-refractivity contribution is 4.98. The van der Waals surface area contributed by atoms with Gasteiger partial charge in [-0.25, -0.2) is 4.39 Å². The molecule has 0 aliphatic rings. The van der Waals surface area contributed by atoms with E-state index in [2.05, 4.69) is 6.58 Å². The molecule has 4 N–H and O–H groups in total. The van der Waals surface area contributed by atoms with Gasteiger partial charge in [0.15, 0.2) is 0 Å². The fourth-order valence-electron chi connectivity index (χ4n) is 0.509. The molecule has 1 atom stereocenters. The van der Waals surface area contributed by atoms with Crippen LogP contribution >= 0.6 is 0 Å². The first-order valence-corrected chi connectivity index (χ1v) is 2.89. The molecule has 0 aromatic carbocycles. The number of nitrogens with two attached hydrogens (primary N) is 2. The molecule has 0 aromatic rings. The molecule has 1 unspecified atom stereocenters. The average Bonchev–Trinajstić information content (AvgIpc) is 1.87. The summed E-state index contributed by atoms with van der Waals surface area (Å²) >= 11 is 0. The second-order valence-corrected chi connectivity index (χ2v) is 2.07. The van der Waals surface area contributed by atoms with Gasteiger partial charge in [0.05, 0.1) is 0 Å². The van der Waals surface area contributed by atoms with Crippen LogP contribution in [-0.4, -0.2) is 19.3 Å². The predicted octanol–water partition coefficient (Wildman–Crippen LogP) is 0.188. The van der Waals surface area contributed by atoms with Gasteiger partial charge in [-0.1, -0.05) is 12.2 Å². The zero-order chi connectivity index (χ0) is 7.28. The van der Waals surface area contributed by atoms with Crippen molar-refractivity contribution in [1.82, 2.24) is 0 Å². The molecule has 0 radical (unpaired) electrons. The first-order chi connectivity index (χ1) is 4.20. The molecule has 0 aromatic heterocycles. The summed E-state index contributed by atoms with van der Waals surface area (Å²) < 4.78 is 11.7. The summed E-state index contributed by atoms with van der Waals surface area (Å²) in [4.78, 5) is 0. The lowest BCUT2D eigenvalue weighted by molar-refractivity contribution is 0.426. The third-order valence-corrected chi connectivity index (χ3v) is 1.04. The summed E-state index contributed by atoms with van der Waals surface area (Å²) in [5.74, 6) is 0. The monoisotopic (exact) mass is 132 g/mol. The lowest BCUT2D eigenvalue weighted by atomic mass is 10.1. The quantitative estimate of drug-likeness (QED) is 0.536. The van der Waals surface area contributed by atoms with Crippen molar-refractivity contribution in [2.75, 3.05) is 13.2 Å². The van der Waals surface area contributed by atoms with Gasteiger partial charge < -0.3 is 11.5 Å². The first-order valence-electron chi connectivity index (χ1n) is 2.89. The van der Waals surface area contributed by atoms with Crippen molar-refractivity contribution in [3.63, 3.8) is 0 Å². The van der Waals surface area contributed by atoms with Gasteiger partial charge in [0.1, 0.15) is 6.67 Å². The summed E-state index contributed by atoms with van der Waals surface area (Å²) in [6.07, 6.45) is 0.493. The van der Waals surface area contributed by atoms with Crippen LogP contribution in [0.4, 0.5) is 4.39 Å². The third kappa shape index (κ3) is 4.12. The topological polar surface area (TPSA) is 52.0 Å². The lowest BCUT2D eigenvalue weighted by Crippen LogP contribution is -2.24. The van der Waals surface area contributed by atoms with E-state index in [0.717, 1.165) is 5.57 Å². The van der Waals surface area contributed by atoms with Crippen LogP contribution in [0.15, 0.2) is 12.2 Å². The Hall–Kier alpha value is -0.410. The SMILES string of the molecule is C=C(CN)CC(N)CF. The van der Waals surface area contributed by atoms with Crippen LogP contribution in [0.2, 0.25) is 0 Å². The zero-order valence-electron chi connectivity index (χ0n) is 5.44. The van der Waals surface area contributed by atoms with Gasteiger partial charge in [0.2, 0.25) is 0 Å². The van der Waals surface area contributed by atoms with Crippen LogP contribution in [-0.2, 0) is 0 Å². The van der Waals surface area contributed by atoms with Crippen molar-refractivity contribution in [2.24, 2.45) is 11.5 Å². The van der Waals surface area contributed by atoms with Gasteiger partial charge in [-0.2, -0.15) is 0 Å². The van der Waals surface area contributed by atoms with Crippen LogP contribution in [0.1, 0.15) is 6.42 Å². The first kappa shape index (κ1) is 8.59. The highest BCUT2D eigenvalue weighted by Gasteiger charge is 2.01. The Morgan fingerprint density at radius 3 is 2.56 bits per heavy atom. The molecule has 0 aliphatic heterocycles. The molecule has 0 saturated heterocycles. The van der Waals surface area contributed by atoms with Crippen molar-refractivity contribution in [3.05, 3.63) is 12.2 Å². The van der Waals surface area contributed by atoms with Crippen LogP contribution in [0, 0.1) is 0 Å². The predicted molar refractivity (Wildman–Crippen MR) is 36.8 cm³/mol. The molecule has 0 bridgehead atoms. The van der Waals surface area contributed by atoms with Crippen molar-refractivity contribution in [2.45, 2.75) is 12.5 Å². The lowest BCUT2D eigenvalue weighted by Gasteiger charge is -2.06. The van der Waals surface area contributed by atoms with Gasteiger partial charge in [0.25, 0.3) is 0 Å². The molecular weight excluding hydrogens is 119 g/mol. The van der Waals surface area contributed by atoms with Crippen molar-refractivity contribution in [1.29, 1.82) is 0 Å². The minimum atomic E-state index is -0.501. The third-order valence-electron chi connectivity index (χ3n) is 1.04. The molecule has 2 nitrogen and oxygen atoms in total. The molecule has 0 amide bonds. The second kappa shape index (κ2) is 4.47. The maximum Gasteiger partial charge on any atom is 0.105 e. The zero-order valence-corrected chi connectivity index (χ0v) is 5.44. The van der Waals surface area contributed by atoms with E-state index in [4.69, 9.17) is 11.5 Å². The molecule has 0 fully saturated rings. The highest BCUT2D eigenvalue weighted by Crippen LogP contribution is 1.98. The number of alkyl halides is 1. The molecule has 0 heterocycles. The standard InChI is InChI=1S/C6H13FN2/c1-5(4-8)2-6(9)3-7/h6H,1-4,8-9H2. The van der Waals surface area contributed by atoms with Gasteiger partial charge in [0, 0.05) is 12.6 Å². The van der Waals surface area contributed by atoms with E-state index in [-0.39, 0.29) is 0 Å². The minimum Gasteiger partial charge on any atom is -0.327 e. The Kier molecular flexibility index (Phi) is 4.26. The Labute approximate surface area is 54.7 Å². The smallest absolute Gasteiger partial charge is 0.105 e. The number of hydrogen-bond donors (Lipinski definition) is 2. The number of halogens is 1. The van der Waals surface area contributed by atoms with Crippen LogP contribution in [0.3, 0.4) is 0 Å². The fourth-order valence-corrected chi connectivity index (χ4v) is 0.509. The van der Waals surface area contributed by atoms with Crippen molar-refractivity contribution < 1.29 is 4.39 Å². The Balaban J connectivity index is 3.34. The largest absolute Gasteiger partial charge is 0.327 e. The average molecular weight is 132 g/mol. The fraction of sp³-hybridized carbons (Fsp3) is 0.667. The number of hydrogen-bond acceptors (Lipinski definition) is 2. The molecule has 0 rings (SSSR count). The molecule has 9 heavy (non-hydrogen) atoms. The normalized spacial score (nSPS) is 13.2. The molecule has 0 aliphatic carbocycles. The van der Waals surface area contributed by atoms with E-state index in [1.165, 1.54) is 0 Å². The molecule has 0 spiro atoms. The molecular formula is C6H13FN2. The van der Waals surface area contributed by atoms with E-state index < -0.39 is 12.7 Å². The molecule has 54 valence electrons. The maximum absolute atomic E-state index is 11.7. The van der Waals surface area contributed by atoms with Crippen LogP contribution in [0.5, 0.6) is 0 Å². The van der Waals surface area contributed by atoms with E-state index in [1.807, 2.05) is 0 Å². The summed E-state index contributed by atoms with van der Waals surface area (Å²) in [6.45, 7) is 3.48. The molecule has 3 heteroatoms. The number of rotatable bonds is 4. The van der Waals surface area contributed by atoms with Gasteiger partial charge in [-0.15, -0.1) is 0 Å². The van der Waals surface area contributed by atoms with Crippen molar-refractivity contribution in [3.8, 4) is 0 Å². The summed E-state index contributed by atoms with van der Waals surface area (Å²) in [5.41, 5.74) is 11.3. The van der Waals surface area contributed by atoms with E-state index in [1.54, 1.807) is 0 Å². The van der Waals surface area contributed by atoms with Crippen LogP contribution < -0.4 is 11.5 Å². The molecule has 0 saturated carbocycles. The van der Waals surface area contributed by atoms with Gasteiger partial charge in [-0.05, 0) is 6.42 Å². The van der Waals surface area contributed by atoms with Gasteiger partial charge >= 0.3 is 0 Å². The van der Waals surface area contributed by atoms with E-state index in [9.17, 15) is 4.39 Å². The van der Waals surface area contributed by atoms with Gasteiger partial charge in [-0.3, -0.25) is 0 Å². The van der Waals surface area contributed by atoms with E-state index >= 15 is 0 Å². The second-order valence-electron chi connectivity index (χ2n) is 2.07. The summed E-state index contributed by atoms with van der Waals surface area (Å²) in [7, 11) is 0. The van der Waals surface area contributed by atoms with Crippen molar-refractivity contribution >= 4 is 0 Å². The summed E-state index contributed by atoms with van der Waals surface area (Å²) in [6, 6.07) is -0.416. The maximum atomic E-state index is 11.7.